The summed E-state index contributed by atoms with van der Waals surface area (Å²) in [5.41, 5.74) is 0. The van der Waals surface area contributed by atoms with Crippen LogP contribution in [0.15, 0.2) is 12.4 Å². The molecule has 1 heterocycles. The van der Waals surface area contributed by atoms with Crippen LogP contribution in [0.5, 0.6) is 5.88 Å². The first-order valence-corrected chi connectivity index (χ1v) is 3.93. The van der Waals surface area contributed by atoms with Gasteiger partial charge in [-0.25, -0.2) is 0 Å². The van der Waals surface area contributed by atoms with E-state index in [4.69, 9.17) is 4.74 Å². The first-order chi connectivity index (χ1) is 5.83. The third-order valence-corrected chi connectivity index (χ3v) is 1.33. The zero-order valence-corrected chi connectivity index (χ0v) is 6.96. The molecule has 0 aliphatic carbocycles. The minimum atomic E-state index is -0.607. The summed E-state index contributed by atoms with van der Waals surface area (Å²) < 4.78 is 17.5. The first kappa shape index (κ1) is 8.90. The van der Waals surface area contributed by atoms with Crippen LogP contribution < -0.4 is 4.74 Å². The lowest BCUT2D eigenvalue weighted by Gasteiger charge is -2.01. The number of unbranched alkanes of at least 4 members (excludes halogenated alkanes) is 1. The van der Waals surface area contributed by atoms with Gasteiger partial charge in [-0.3, -0.25) is 4.98 Å². The van der Waals surface area contributed by atoms with Gasteiger partial charge in [-0.1, -0.05) is 13.3 Å². The van der Waals surface area contributed by atoms with Gasteiger partial charge in [0.15, 0.2) is 0 Å². The van der Waals surface area contributed by atoms with Crippen molar-refractivity contribution in [3.8, 4) is 5.88 Å². The molecule has 0 saturated carbocycles. The van der Waals surface area contributed by atoms with E-state index in [1.54, 1.807) is 0 Å². The van der Waals surface area contributed by atoms with E-state index in [1.165, 1.54) is 6.20 Å². The van der Waals surface area contributed by atoms with Crippen LogP contribution in [0.4, 0.5) is 4.39 Å². The average molecular weight is 170 g/mol. The lowest BCUT2D eigenvalue weighted by Crippen LogP contribution is -1.99. The largest absolute Gasteiger partial charge is 0.477 e. The SMILES string of the molecule is CCCCOc1cncc(F)n1. The van der Waals surface area contributed by atoms with Crippen molar-refractivity contribution in [1.82, 2.24) is 9.97 Å². The van der Waals surface area contributed by atoms with E-state index < -0.39 is 5.95 Å². The molecular formula is C8H11FN2O. The molecule has 4 heteroatoms. The number of halogens is 1. The fourth-order valence-corrected chi connectivity index (χ4v) is 0.716. The van der Waals surface area contributed by atoms with E-state index in [1.807, 2.05) is 0 Å². The standard InChI is InChI=1S/C8H11FN2O/c1-2-3-4-12-8-6-10-5-7(9)11-8/h5-6H,2-4H2,1H3. The molecular weight excluding hydrogens is 159 g/mol. The van der Waals surface area contributed by atoms with Gasteiger partial charge in [0.2, 0.25) is 11.8 Å². The van der Waals surface area contributed by atoms with E-state index in [2.05, 4.69) is 16.9 Å². The van der Waals surface area contributed by atoms with Crippen LogP contribution in [0.3, 0.4) is 0 Å². The molecule has 0 N–H and O–H groups in total. The second-order valence-electron chi connectivity index (χ2n) is 2.38. The Labute approximate surface area is 70.6 Å². The Balaban J connectivity index is 2.41. The highest BCUT2D eigenvalue weighted by Crippen LogP contribution is 2.04. The average Bonchev–Trinajstić information content (AvgIpc) is 2.05. The smallest absolute Gasteiger partial charge is 0.234 e. The van der Waals surface area contributed by atoms with E-state index in [0.29, 0.717) is 6.61 Å². The Morgan fingerprint density at radius 3 is 3.00 bits per heavy atom. The van der Waals surface area contributed by atoms with Crippen molar-refractivity contribution in [3.63, 3.8) is 0 Å². The Morgan fingerprint density at radius 2 is 2.33 bits per heavy atom. The highest BCUT2D eigenvalue weighted by molar-refractivity contribution is 5.01. The van der Waals surface area contributed by atoms with E-state index in [0.717, 1.165) is 19.0 Å². The number of nitrogens with zero attached hydrogens (tertiary/aromatic N) is 2. The van der Waals surface area contributed by atoms with Gasteiger partial charge in [-0.2, -0.15) is 9.37 Å². The predicted molar refractivity (Wildman–Crippen MR) is 42.4 cm³/mol. The lowest BCUT2D eigenvalue weighted by atomic mass is 10.4. The monoisotopic (exact) mass is 170 g/mol. The minimum absolute atomic E-state index is 0.253. The maximum Gasteiger partial charge on any atom is 0.234 e. The Hall–Kier alpha value is -1.19. The quantitative estimate of drug-likeness (QED) is 0.646. The second kappa shape index (κ2) is 4.64. The molecule has 0 radical (unpaired) electrons. The van der Waals surface area contributed by atoms with Gasteiger partial charge >= 0.3 is 0 Å². The number of rotatable bonds is 4. The van der Waals surface area contributed by atoms with Gasteiger partial charge in [0.05, 0.1) is 19.0 Å². The lowest BCUT2D eigenvalue weighted by molar-refractivity contribution is 0.291. The molecule has 3 nitrogen and oxygen atoms in total. The van der Waals surface area contributed by atoms with Crippen LogP contribution in [0, 0.1) is 5.95 Å². The third-order valence-electron chi connectivity index (χ3n) is 1.33. The fourth-order valence-electron chi connectivity index (χ4n) is 0.716. The minimum Gasteiger partial charge on any atom is -0.477 e. The van der Waals surface area contributed by atoms with Crippen molar-refractivity contribution < 1.29 is 9.13 Å². The highest BCUT2D eigenvalue weighted by Gasteiger charge is 1.96. The maximum atomic E-state index is 12.4. The number of hydrogen-bond donors (Lipinski definition) is 0. The van der Waals surface area contributed by atoms with E-state index in [-0.39, 0.29) is 5.88 Å². The normalized spacial score (nSPS) is 9.83. The van der Waals surface area contributed by atoms with Crippen molar-refractivity contribution in [1.29, 1.82) is 0 Å². The second-order valence-corrected chi connectivity index (χ2v) is 2.38. The molecule has 0 bridgehead atoms. The number of aromatic nitrogens is 2. The zero-order valence-electron chi connectivity index (χ0n) is 6.96. The Morgan fingerprint density at radius 1 is 1.50 bits per heavy atom. The Kier molecular flexibility index (Phi) is 3.44. The summed E-state index contributed by atoms with van der Waals surface area (Å²) in [5.74, 6) is -0.354. The molecule has 0 unspecified atom stereocenters. The molecule has 12 heavy (non-hydrogen) atoms. The summed E-state index contributed by atoms with van der Waals surface area (Å²) in [7, 11) is 0. The predicted octanol–water partition coefficient (Wildman–Crippen LogP) is 1.79. The van der Waals surface area contributed by atoms with Gasteiger partial charge in [-0.05, 0) is 6.42 Å². The highest BCUT2D eigenvalue weighted by atomic mass is 19.1. The molecule has 0 atom stereocenters. The van der Waals surface area contributed by atoms with Gasteiger partial charge < -0.3 is 4.74 Å². The molecule has 0 fully saturated rings. The summed E-state index contributed by atoms with van der Waals surface area (Å²) in [6.45, 7) is 2.62. The van der Waals surface area contributed by atoms with Crippen LogP contribution in [0.2, 0.25) is 0 Å². The van der Waals surface area contributed by atoms with Crippen LogP contribution in [-0.4, -0.2) is 16.6 Å². The third kappa shape index (κ3) is 2.82. The molecule has 0 amide bonds. The molecule has 0 spiro atoms. The molecule has 0 saturated heterocycles. The van der Waals surface area contributed by atoms with Crippen LogP contribution >= 0.6 is 0 Å². The summed E-state index contributed by atoms with van der Waals surface area (Å²) in [6.07, 6.45) is 4.44. The summed E-state index contributed by atoms with van der Waals surface area (Å²) in [5, 5.41) is 0. The van der Waals surface area contributed by atoms with Gasteiger partial charge in [0.25, 0.3) is 0 Å². The van der Waals surface area contributed by atoms with Crippen molar-refractivity contribution >= 4 is 0 Å². The summed E-state index contributed by atoms with van der Waals surface area (Å²) in [4.78, 5) is 7.09. The van der Waals surface area contributed by atoms with Gasteiger partial charge in [-0.15, -0.1) is 0 Å². The van der Waals surface area contributed by atoms with Crippen LogP contribution in [0.25, 0.3) is 0 Å². The first-order valence-electron chi connectivity index (χ1n) is 3.93. The fraction of sp³-hybridized carbons (Fsp3) is 0.500. The number of hydrogen-bond acceptors (Lipinski definition) is 3. The molecule has 1 aromatic rings. The zero-order chi connectivity index (χ0) is 8.81. The maximum absolute atomic E-state index is 12.4. The van der Waals surface area contributed by atoms with Crippen molar-refractivity contribution in [2.75, 3.05) is 6.61 Å². The molecule has 1 rings (SSSR count). The van der Waals surface area contributed by atoms with Crippen molar-refractivity contribution in [2.24, 2.45) is 0 Å². The molecule has 0 aliphatic rings. The van der Waals surface area contributed by atoms with E-state index in [9.17, 15) is 4.39 Å². The topological polar surface area (TPSA) is 35.0 Å². The van der Waals surface area contributed by atoms with E-state index >= 15 is 0 Å². The van der Waals surface area contributed by atoms with Gasteiger partial charge in [0.1, 0.15) is 0 Å². The molecule has 66 valence electrons. The summed E-state index contributed by atoms with van der Waals surface area (Å²) in [6, 6.07) is 0. The van der Waals surface area contributed by atoms with Crippen LogP contribution in [0.1, 0.15) is 19.8 Å². The van der Waals surface area contributed by atoms with Gasteiger partial charge in [0, 0.05) is 0 Å². The number of ether oxygens (including phenoxy) is 1. The van der Waals surface area contributed by atoms with Crippen LogP contribution in [-0.2, 0) is 0 Å². The molecule has 1 aromatic heterocycles. The summed E-state index contributed by atoms with van der Waals surface area (Å²) >= 11 is 0. The van der Waals surface area contributed by atoms with Crippen molar-refractivity contribution in [2.45, 2.75) is 19.8 Å². The molecule has 0 aromatic carbocycles. The molecule has 0 aliphatic heterocycles. The Bertz CT molecular complexity index is 242. The van der Waals surface area contributed by atoms with Crippen molar-refractivity contribution in [3.05, 3.63) is 18.3 Å².